The van der Waals surface area contributed by atoms with Crippen molar-refractivity contribution >= 4 is 11.6 Å². The fourth-order valence-electron chi connectivity index (χ4n) is 4.20. The van der Waals surface area contributed by atoms with Crippen LogP contribution in [-0.4, -0.2) is 84.9 Å². The molecule has 33 heavy (non-hydrogen) atoms. The van der Waals surface area contributed by atoms with Crippen LogP contribution in [0.3, 0.4) is 0 Å². The van der Waals surface area contributed by atoms with Gasteiger partial charge in [-0.25, -0.2) is 9.97 Å². The molecular formula is C24H35N5O4. The van der Waals surface area contributed by atoms with Crippen molar-refractivity contribution in [3.05, 3.63) is 30.3 Å². The minimum Gasteiger partial charge on any atom is -0.491 e. The van der Waals surface area contributed by atoms with Crippen molar-refractivity contribution in [3.63, 3.8) is 0 Å². The number of nitrogens with zero attached hydrogens (tertiary/aromatic N) is 3. The Labute approximate surface area is 195 Å². The van der Waals surface area contributed by atoms with Crippen molar-refractivity contribution in [3.8, 4) is 17.1 Å². The van der Waals surface area contributed by atoms with Gasteiger partial charge in [0.2, 0.25) is 0 Å². The van der Waals surface area contributed by atoms with Gasteiger partial charge in [0.25, 0.3) is 0 Å². The summed E-state index contributed by atoms with van der Waals surface area (Å²) in [5, 5.41) is 26.0. The van der Waals surface area contributed by atoms with E-state index in [9.17, 15) is 10.2 Å². The highest BCUT2D eigenvalue weighted by molar-refractivity contribution is 5.63. The number of nitrogens with one attached hydrogen (secondary N) is 2. The predicted molar refractivity (Wildman–Crippen MR) is 128 cm³/mol. The number of ether oxygens (including phenoxy) is 2. The van der Waals surface area contributed by atoms with Crippen molar-refractivity contribution in [1.29, 1.82) is 0 Å². The van der Waals surface area contributed by atoms with Crippen LogP contribution in [0.15, 0.2) is 30.3 Å². The first kappa shape index (κ1) is 23.7. The lowest BCUT2D eigenvalue weighted by atomic mass is 9.89. The molecule has 1 aromatic carbocycles. The van der Waals surface area contributed by atoms with Crippen LogP contribution in [0.5, 0.6) is 5.75 Å². The quantitative estimate of drug-likeness (QED) is 0.423. The molecule has 2 aromatic rings. The molecule has 180 valence electrons. The van der Waals surface area contributed by atoms with Crippen molar-refractivity contribution in [2.75, 3.05) is 50.7 Å². The number of aliphatic hydroxyl groups is 2. The minimum atomic E-state index is -0.583. The summed E-state index contributed by atoms with van der Waals surface area (Å²) in [6, 6.07) is 10.2. The molecule has 1 saturated carbocycles. The lowest BCUT2D eigenvalue weighted by Crippen LogP contribution is -2.39. The number of aromatic nitrogens is 2. The highest BCUT2D eigenvalue weighted by atomic mass is 16.5. The number of benzene rings is 1. The van der Waals surface area contributed by atoms with Crippen LogP contribution in [-0.2, 0) is 4.74 Å². The Morgan fingerprint density at radius 2 is 2.00 bits per heavy atom. The zero-order valence-electron chi connectivity index (χ0n) is 19.4. The second kappa shape index (κ2) is 11.1. The molecule has 2 aliphatic rings. The molecular weight excluding hydrogens is 422 g/mol. The van der Waals surface area contributed by atoms with E-state index >= 15 is 0 Å². The molecule has 2 fully saturated rings. The highest BCUT2D eigenvalue weighted by Crippen LogP contribution is 2.29. The van der Waals surface area contributed by atoms with Crippen LogP contribution < -0.4 is 20.3 Å². The van der Waals surface area contributed by atoms with Gasteiger partial charge in [-0.3, -0.25) is 0 Å². The van der Waals surface area contributed by atoms with Crippen molar-refractivity contribution < 1.29 is 19.7 Å². The second-order valence-electron chi connectivity index (χ2n) is 8.91. The first-order valence-electron chi connectivity index (χ1n) is 11.7. The van der Waals surface area contributed by atoms with Gasteiger partial charge < -0.3 is 35.2 Å². The largest absolute Gasteiger partial charge is 0.491 e. The van der Waals surface area contributed by atoms with E-state index < -0.39 is 6.10 Å². The predicted octanol–water partition coefficient (Wildman–Crippen LogP) is 1.65. The normalized spacial score (nSPS) is 21.8. The topological polar surface area (TPSA) is 112 Å². The maximum atomic E-state index is 9.93. The number of rotatable bonds is 10. The van der Waals surface area contributed by atoms with Gasteiger partial charge in [-0.05, 0) is 44.9 Å². The Morgan fingerprint density at radius 3 is 2.73 bits per heavy atom. The highest BCUT2D eigenvalue weighted by Gasteiger charge is 2.28. The first-order valence-corrected chi connectivity index (χ1v) is 11.7. The molecule has 1 atom stereocenters. The third kappa shape index (κ3) is 6.32. The third-order valence-electron chi connectivity index (χ3n) is 6.25. The Bertz CT molecular complexity index is 902. The van der Waals surface area contributed by atoms with E-state index in [0.717, 1.165) is 56.1 Å². The molecule has 1 saturated heterocycles. The molecule has 1 aliphatic carbocycles. The number of hydrogen-bond donors (Lipinski definition) is 4. The molecule has 1 aromatic heterocycles. The van der Waals surface area contributed by atoms with Crippen LogP contribution in [0.25, 0.3) is 11.4 Å². The molecule has 1 unspecified atom stereocenters. The van der Waals surface area contributed by atoms with E-state index in [4.69, 9.17) is 19.4 Å². The molecule has 0 amide bonds. The summed E-state index contributed by atoms with van der Waals surface area (Å²) in [7, 11) is 3.86. The standard InChI is InChI=1S/C24H35N5O4/c1-25-14-20(31)15-33-21-5-3-4-16(10-21)24-27-22(26-17-11-19(30)12-17)13-23(28-24)29(2)18-6-8-32-9-7-18/h3-5,10,13,17-20,25,30-31H,6-9,11-12,14-15H2,1-2H3,(H,26,27,28)/t17-,19-,20?. The summed E-state index contributed by atoms with van der Waals surface area (Å²) in [6.45, 7) is 2.19. The molecule has 2 heterocycles. The molecule has 4 rings (SSSR count). The Balaban J connectivity index is 1.57. The fraction of sp³-hybridized carbons (Fsp3) is 0.583. The molecule has 9 heteroatoms. The van der Waals surface area contributed by atoms with Crippen LogP contribution in [0.4, 0.5) is 11.6 Å². The lowest BCUT2D eigenvalue weighted by molar-refractivity contribution is 0.0835. The first-order chi connectivity index (χ1) is 16.0. The average Bonchev–Trinajstić information content (AvgIpc) is 2.82. The smallest absolute Gasteiger partial charge is 0.163 e. The number of hydrogen-bond acceptors (Lipinski definition) is 9. The Morgan fingerprint density at radius 1 is 1.21 bits per heavy atom. The van der Waals surface area contributed by atoms with Crippen molar-refractivity contribution in [2.24, 2.45) is 0 Å². The number of likely N-dealkylation sites (N-methyl/N-ethyl adjacent to an activating group) is 1. The van der Waals surface area contributed by atoms with E-state index in [1.54, 1.807) is 7.05 Å². The Hall–Kier alpha value is -2.46. The van der Waals surface area contributed by atoms with Gasteiger partial charge in [-0.15, -0.1) is 0 Å². The van der Waals surface area contributed by atoms with Gasteiger partial charge in [0, 0.05) is 50.5 Å². The van der Waals surface area contributed by atoms with Gasteiger partial charge in [0.1, 0.15) is 30.1 Å². The van der Waals surface area contributed by atoms with Gasteiger partial charge in [0.15, 0.2) is 5.82 Å². The fourth-order valence-corrected chi connectivity index (χ4v) is 4.20. The summed E-state index contributed by atoms with van der Waals surface area (Å²) in [5.74, 6) is 2.87. The Kier molecular flexibility index (Phi) is 7.97. The zero-order valence-corrected chi connectivity index (χ0v) is 19.4. The molecule has 1 aliphatic heterocycles. The van der Waals surface area contributed by atoms with Crippen LogP contribution >= 0.6 is 0 Å². The van der Waals surface area contributed by atoms with Gasteiger partial charge in [-0.1, -0.05) is 12.1 Å². The average molecular weight is 458 g/mol. The molecule has 0 radical (unpaired) electrons. The summed E-state index contributed by atoms with van der Waals surface area (Å²) < 4.78 is 11.3. The van der Waals surface area contributed by atoms with Crippen LogP contribution in [0.1, 0.15) is 25.7 Å². The van der Waals surface area contributed by atoms with Crippen LogP contribution in [0.2, 0.25) is 0 Å². The van der Waals surface area contributed by atoms with E-state index in [-0.39, 0.29) is 18.8 Å². The van der Waals surface area contributed by atoms with Crippen molar-refractivity contribution in [1.82, 2.24) is 15.3 Å². The molecule has 4 N–H and O–H groups in total. The monoisotopic (exact) mass is 457 g/mol. The summed E-state index contributed by atoms with van der Waals surface area (Å²) >= 11 is 0. The third-order valence-corrected chi connectivity index (χ3v) is 6.25. The maximum absolute atomic E-state index is 9.93. The van der Waals surface area contributed by atoms with Gasteiger partial charge in [-0.2, -0.15) is 0 Å². The molecule has 0 spiro atoms. The number of anilines is 2. The van der Waals surface area contributed by atoms with E-state index in [1.165, 1.54) is 0 Å². The second-order valence-corrected chi connectivity index (χ2v) is 8.91. The van der Waals surface area contributed by atoms with E-state index in [2.05, 4.69) is 22.6 Å². The number of aliphatic hydroxyl groups excluding tert-OH is 2. The van der Waals surface area contributed by atoms with E-state index in [0.29, 0.717) is 24.2 Å². The summed E-state index contributed by atoms with van der Waals surface area (Å²) in [6.07, 6.45) is 2.56. The lowest BCUT2D eigenvalue weighted by Gasteiger charge is -2.34. The molecule has 9 nitrogen and oxygen atoms in total. The zero-order chi connectivity index (χ0) is 23.2. The SMILES string of the molecule is CNCC(O)COc1cccc(-c2nc(N[C@H]3C[C@H](O)C3)cc(N(C)C3CCOCC3)n2)c1. The van der Waals surface area contributed by atoms with Gasteiger partial charge in [0.05, 0.1) is 6.10 Å². The van der Waals surface area contributed by atoms with Crippen LogP contribution in [0, 0.1) is 0 Å². The summed E-state index contributed by atoms with van der Waals surface area (Å²) in [5.41, 5.74) is 0.842. The van der Waals surface area contributed by atoms with Gasteiger partial charge >= 0.3 is 0 Å². The van der Waals surface area contributed by atoms with E-state index in [1.807, 2.05) is 30.3 Å². The minimum absolute atomic E-state index is 0.203. The van der Waals surface area contributed by atoms with Crippen molar-refractivity contribution in [2.45, 2.75) is 50.0 Å². The maximum Gasteiger partial charge on any atom is 0.163 e. The summed E-state index contributed by atoms with van der Waals surface area (Å²) in [4.78, 5) is 11.9. The molecule has 0 bridgehead atoms.